The lowest BCUT2D eigenvalue weighted by molar-refractivity contribution is -0.137. The van der Waals surface area contributed by atoms with Gasteiger partial charge in [-0.1, -0.05) is 41.1 Å². The van der Waals surface area contributed by atoms with Gasteiger partial charge in [0.05, 0.1) is 23.5 Å². The van der Waals surface area contributed by atoms with Gasteiger partial charge in [0.25, 0.3) is 5.91 Å². The van der Waals surface area contributed by atoms with E-state index in [0.29, 0.717) is 5.02 Å². The van der Waals surface area contributed by atoms with Crippen molar-refractivity contribution in [1.82, 2.24) is 19.9 Å². The molecule has 0 fully saturated rings. The van der Waals surface area contributed by atoms with Gasteiger partial charge < -0.3 is 4.90 Å². The zero-order chi connectivity index (χ0) is 20.5. The van der Waals surface area contributed by atoms with Crippen LogP contribution in [-0.4, -0.2) is 32.8 Å². The Morgan fingerprint density at radius 1 is 1.14 bits per heavy atom. The summed E-state index contributed by atoms with van der Waals surface area (Å²) in [7, 11) is 1.59. The van der Waals surface area contributed by atoms with Gasteiger partial charge >= 0.3 is 6.18 Å². The number of rotatable bonds is 4. The van der Waals surface area contributed by atoms with E-state index in [0.717, 1.165) is 16.3 Å². The van der Waals surface area contributed by atoms with Crippen LogP contribution in [0.4, 0.5) is 13.2 Å². The Labute approximate surface area is 164 Å². The second-order valence-corrected chi connectivity index (χ2v) is 6.64. The molecule has 146 valence electrons. The molecule has 0 saturated carbocycles. The van der Waals surface area contributed by atoms with Gasteiger partial charge in [-0.3, -0.25) is 4.79 Å². The predicted molar refractivity (Wildman–Crippen MR) is 98.3 cm³/mol. The summed E-state index contributed by atoms with van der Waals surface area (Å²) in [5.74, 6) is -0.460. The second kappa shape index (κ2) is 7.63. The molecular formula is C19H16ClF3N4O. The van der Waals surface area contributed by atoms with Gasteiger partial charge in [-0.15, -0.1) is 5.10 Å². The average molecular weight is 409 g/mol. The molecule has 0 saturated heterocycles. The number of benzene rings is 2. The van der Waals surface area contributed by atoms with E-state index in [4.69, 9.17) is 11.6 Å². The quantitative estimate of drug-likeness (QED) is 0.624. The maximum Gasteiger partial charge on any atom is 0.418 e. The number of para-hydroxylation sites is 1. The van der Waals surface area contributed by atoms with E-state index in [1.807, 2.05) is 6.92 Å². The fraction of sp³-hybridized carbons (Fsp3) is 0.211. The molecule has 1 unspecified atom stereocenters. The van der Waals surface area contributed by atoms with Crippen molar-refractivity contribution in [1.29, 1.82) is 0 Å². The summed E-state index contributed by atoms with van der Waals surface area (Å²) in [6, 6.07) is 11.7. The molecule has 0 aliphatic rings. The van der Waals surface area contributed by atoms with Crippen molar-refractivity contribution in [3.8, 4) is 5.69 Å². The Morgan fingerprint density at radius 2 is 1.79 bits per heavy atom. The third-order valence-electron chi connectivity index (χ3n) is 4.42. The Bertz CT molecular complexity index is 985. The Morgan fingerprint density at radius 3 is 2.43 bits per heavy atom. The molecule has 0 spiro atoms. The molecule has 1 heterocycles. The van der Waals surface area contributed by atoms with Crippen LogP contribution in [0.15, 0.2) is 54.7 Å². The standard InChI is InChI=1S/C19H16ClF3N4O/c1-12(13-7-9-14(20)10-8-13)26(2)18(28)16-11-27(25-24-16)17-6-4-3-5-15(17)19(21,22)23/h3-12H,1-2H3. The summed E-state index contributed by atoms with van der Waals surface area (Å²) in [6.07, 6.45) is -3.36. The van der Waals surface area contributed by atoms with Crippen LogP contribution in [0.25, 0.3) is 5.69 Å². The van der Waals surface area contributed by atoms with E-state index in [2.05, 4.69) is 10.3 Å². The molecule has 1 atom stereocenters. The first-order valence-corrected chi connectivity index (χ1v) is 8.68. The van der Waals surface area contributed by atoms with Crippen molar-refractivity contribution in [3.05, 3.63) is 76.6 Å². The maximum absolute atomic E-state index is 13.2. The van der Waals surface area contributed by atoms with Crippen molar-refractivity contribution >= 4 is 17.5 Å². The molecule has 28 heavy (non-hydrogen) atoms. The number of hydrogen-bond donors (Lipinski definition) is 0. The molecule has 0 radical (unpaired) electrons. The smallest absolute Gasteiger partial charge is 0.334 e. The highest BCUT2D eigenvalue weighted by atomic mass is 35.5. The monoisotopic (exact) mass is 408 g/mol. The first kappa shape index (κ1) is 19.9. The molecule has 0 bridgehead atoms. The van der Waals surface area contributed by atoms with Crippen LogP contribution < -0.4 is 0 Å². The van der Waals surface area contributed by atoms with Crippen molar-refractivity contribution in [2.75, 3.05) is 7.05 Å². The number of aromatic nitrogens is 3. The van der Waals surface area contributed by atoms with Crippen molar-refractivity contribution in [3.63, 3.8) is 0 Å². The minimum Gasteiger partial charge on any atom is -0.334 e. The van der Waals surface area contributed by atoms with Gasteiger partial charge in [0.1, 0.15) is 0 Å². The molecule has 9 heteroatoms. The molecule has 0 N–H and O–H groups in total. The molecule has 1 amide bonds. The van der Waals surface area contributed by atoms with Gasteiger partial charge in [0, 0.05) is 12.1 Å². The predicted octanol–water partition coefficient (Wildman–Crippen LogP) is 4.77. The van der Waals surface area contributed by atoms with Crippen LogP contribution in [-0.2, 0) is 6.18 Å². The van der Waals surface area contributed by atoms with E-state index in [-0.39, 0.29) is 17.4 Å². The summed E-state index contributed by atoms with van der Waals surface area (Å²) in [5, 5.41) is 8.05. The van der Waals surface area contributed by atoms with Crippen molar-refractivity contribution < 1.29 is 18.0 Å². The minimum atomic E-state index is -4.55. The van der Waals surface area contributed by atoms with E-state index < -0.39 is 17.6 Å². The Kier molecular flexibility index (Phi) is 5.42. The number of hydrogen-bond acceptors (Lipinski definition) is 3. The maximum atomic E-state index is 13.2. The fourth-order valence-corrected chi connectivity index (χ4v) is 2.84. The number of carbonyl (C=O) groups is 1. The Balaban J connectivity index is 1.86. The van der Waals surface area contributed by atoms with E-state index in [9.17, 15) is 18.0 Å². The van der Waals surface area contributed by atoms with Gasteiger partial charge in [-0.25, -0.2) is 4.68 Å². The first-order valence-electron chi connectivity index (χ1n) is 8.30. The summed E-state index contributed by atoms with van der Waals surface area (Å²) >= 11 is 5.88. The van der Waals surface area contributed by atoms with E-state index >= 15 is 0 Å². The SMILES string of the molecule is CC(c1ccc(Cl)cc1)N(C)C(=O)c1cn(-c2ccccc2C(F)(F)F)nn1. The summed E-state index contributed by atoms with van der Waals surface area (Å²) < 4.78 is 40.6. The highest BCUT2D eigenvalue weighted by Crippen LogP contribution is 2.33. The van der Waals surface area contributed by atoms with Crippen LogP contribution in [0.3, 0.4) is 0 Å². The number of amides is 1. The largest absolute Gasteiger partial charge is 0.418 e. The van der Waals surface area contributed by atoms with Gasteiger partial charge in [0.15, 0.2) is 5.69 Å². The fourth-order valence-electron chi connectivity index (χ4n) is 2.71. The zero-order valence-electron chi connectivity index (χ0n) is 15.0. The molecular weight excluding hydrogens is 393 g/mol. The lowest BCUT2D eigenvalue weighted by Crippen LogP contribution is -2.30. The number of alkyl halides is 3. The molecule has 0 aliphatic carbocycles. The number of halogens is 4. The lowest BCUT2D eigenvalue weighted by Gasteiger charge is -2.24. The highest BCUT2D eigenvalue weighted by molar-refractivity contribution is 6.30. The number of nitrogens with zero attached hydrogens (tertiary/aromatic N) is 4. The molecule has 2 aromatic carbocycles. The van der Waals surface area contributed by atoms with E-state index in [1.165, 1.54) is 29.3 Å². The molecule has 0 aliphatic heterocycles. The van der Waals surface area contributed by atoms with Gasteiger partial charge in [-0.05, 0) is 36.8 Å². The van der Waals surface area contributed by atoms with Crippen LogP contribution in [0.1, 0.15) is 34.6 Å². The Hall–Kier alpha value is -2.87. The van der Waals surface area contributed by atoms with Crippen LogP contribution in [0, 0.1) is 0 Å². The summed E-state index contributed by atoms with van der Waals surface area (Å²) in [6.45, 7) is 1.82. The summed E-state index contributed by atoms with van der Waals surface area (Å²) in [5.41, 5.74) is -0.257. The third-order valence-corrected chi connectivity index (χ3v) is 4.67. The normalized spacial score (nSPS) is 12.6. The lowest BCUT2D eigenvalue weighted by atomic mass is 10.1. The van der Waals surface area contributed by atoms with Crippen LogP contribution >= 0.6 is 11.6 Å². The minimum absolute atomic E-state index is 0.0553. The molecule has 1 aromatic heterocycles. The van der Waals surface area contributed by atoms with Crippen LogP contribution in [0.5, 0.6) is 0 Å². The highest BCUT2D eigenvalue weighted by Gasteiger charge is 2.34. The number of carbonyl (C=O) groups excluding carboxylic acids is 1. The van der Waals surface area contributed by atoms with Crippen molar-refractivity contribution in [2.45, 2.75) is 19.1 Å². The topological polar surface area (TPSA) is 51.0 Å². The van der Waals surface area contributed by atoms with Gasteiger partial charge in [0.2, 0.25) is 0 Å². The molecule has 3 rings (SSSR count). The van der Waals surface area contributed by atoms with Gasteiger partial charge in [-0.2, -0.15) is 13.2 Å². The molecule has 3 aromatic rings. The molecule has 5 nitrogen and oxygen atoms in total. The third kappa shape index (κ3) is 4.01. The van der Waals surface area contributed by atoms with Crippen molar-refractivity contribution in [2.24, 2.45) is 0 Å². The first-order chi connectivity index (χ1) is 13.2. The summed E-state index contributed by atoms with van der Waals surface area (Å²) in [4.78, 5) is 14.2. The van der Waals surface area contributed by atoms with Crippen LogP contribution in [0.2, 0.25) is 5.02 Å². The zero-order valence-corrected chi connectivity index (χ0v) is 15.7. The average Bonchev–Trinajstić information content (AvgIpc) is 3.16. The second-order valence-electron chi connectivity index (χ2n) is 6.21. The van der Waals surface area contributed by atoms with E-state index in [1.54, 1.807) is 31.3 Å².